The van der Waals surface area contributed by atoms with Crippen LogP contribution < -0.4 is 5.32 Å². The Morgan fingerprint density at radius 3 is 2.56 bits per heavy atom. The predicted octanol–water partition coefficient (Wildman–Crippen LogP) is 1.99. The highest BCUT2D eigenvalue weighted by molar-refractivity contribution is 7.12. The second kappa shape index (κ2) is 5.66. The van der Waals surface area contributed by atoms with Crippen molar-refractivity contribution < 1.29 is 4.79 Å². The Labute approximate surface area is 106 Å². The number of hydrogen-bond donors (Lipinski definition) is 1. The van der Waals surface area contributed by atoms with Crippen LogP contribution in [0.15, 0.2) is 17.5 Å². The van der Waals surface area contributed by atoms with Gasteiger partial charge in [0.15, 0.2) is 0 Å². The molecule has 2 unspecified atom stereocenters. The predicted molar refractivity (Wildman–Crippen MR) is 69.5 cm³/mol. The minimum absolute atomic E-state index is 0. The van der Waals surface area contributed by atoms with E-state index in [9.17, 15) is 4.79 Å². The number of carbonyl (C=O) groups excluding carboxylic acids is 1. The van der Waals surface area contributed by atoms with Crippen LogP contribution in [0.25, 0.3) is 0 Å². The van der Waals surface area contributed by atoms with Crippen molar-refractivity contribution in [3.8, 4) is 0 Å². The third kappa shape index (κ3) is 2.97. The molecule has 0 aliphatic carbocycles. The van der Waals surface area contributed by atoms with Gasteiger partial charge in [0.2, 0.25) is 0 Å². The first-order valence-corrected chi connectivity index (χ1v) is 6.13. The molecular weight excluding hydrogens is 244 g/mol. The Balaban J connectivity index is 0.00000128. The molecule has 1 fully saturated rings. The summed E-state index contributed by atoms with van der Waals surface area (Å²) in [5.74, 6) is 0.171. The molecule has 3 nitrogen and oxygen atoms in total. The van der Waals surface area contributed by atoms with Crippen molar-refractivity contribution in [1.82, 2.24) is 10.2 Å². The van der Waals surface area contributed by atoms with E-state index in [0.717, 1.165) is 18.0 Å². The van der Waals surface area contributed by atoms with E-state index in [0.29, 0.717) is 12.1 Å². The second-order valence-corrected chi connectivity index (χ2v) is 5.10. The lowest BCUT2D eigenvalue weighted by atomic mass is 10.1. The number of thiophene rings is 1. The zero-order valence-corrected chi connectivity index (χ0v) is 11.1. The first-order chi connectivity index (χ1) is 7.16. The minimum Gasteiger partial charge on any atom is -0.335 e. The summed E-state index contributed by atoms with van der Waals surface area (Å²) in [4.78, 5) is 14.8. The molecule has 1 aliphatic heterocycles. The van der Waals surface area contributed by atoms with Crippen molar-refractivity contribution >= 4 is 29.7 Å². The van der Waals surface area contributed by atoms with E-state index < -0.39 is 0 Å². The van der Waals surface area contributed by atoms with Crippen molar-refractivity contribution in [3.63, 3.8) is 0 Å². The first kappa shape index (κ1) is 13.5. The van der Waals surface area contributed by atoms with Crippen LogP contribution in [0, 0.1) is 0 Å². The standard InChI is InChI=1S/C11H16N2OS.ClH/c1-8-6-13(7-9(2)12-8)11(14)10-4-3-5-15-10;/h3-5,8-9,12H,6-7H2,1-2H3;1H. The summed E-state index contributed by atoms with van der Waals surface area (Å²) in [6.07, 6.45) is 0. The van der Waals surface area contributed by atoms with Gasteiger partial charge in [0, 0.05) is 25.2 Å². The third-order valence-corrected chi connectivity index (χ3v) is 3.43. The van der Waals surface area contributed by atoms with E-state index in [1.165, 1.54) is 11.3 Å². The maximum Gasteiger partial charge on any atom is 0.264 e. The van der Waals surface area contributed by atoms with Gasteiger partial charge in [-0.05, 0) is 25.3 Å². The Hall–Kier alpha value is -0.580. The summed E-state index contributed by atoms with van der Waals surface area (Å²) in [6, 6.07) is 4.59. The summed E-state index contributed by atoms with van der Waals surface area (Å²) in [7, 11) is 0. The van der Waals surface area contributed by atoms with E-state index in [1.807, 2.05) is 22.4 Å². The van der Waals surface area contributed by atoms with E-state index in [2.05, 4.69) is 19.2 Å². The zero-order valence-electron chi connectivity index (χ0n) is 9.47. The maximum atomic E-state index is 12.1. The summed E-state index contributed by atoms with van der Waals surface area (Å²) in [5, 5.41) is 5.37. The molecule has 0 saturated carbocycles. The number of carbonyl (C=O) groups is 1. The van der Waals surface area contributed by atoms with Gasteiger partial charge >= 0.3 is 0 Å². The Morgan fingerprint density at radius 1 is 1.44 bits per heavy atom. The molecule has 1 saturated heterocycles. The lowest BCUT2D eigenvalue weighted by Gasteiger charge is -2.35. The van der Waals surface area contributed by atoms with Crippen LogP contribution in [0.2, 0.25) is 0 Å². The second-order valence-electron chi connectivity index (χ2n) is 4.16. The quantitative estimate of drug-likeness (QED) is 0.838. The highest BCUT2D eigenvalue weighted by atomic mass is 35.5. The molecule has 1 amide bonds. The largest absolute Gasteiger partial charge is 0.335 e. The Kier molecular flexibility index (Phi) is 4.77. The van der Waals surface area contributed by atoms with E-state index >= 15 is 0 Å². The molecule has 0 radical (unpaired) electrons. The molecule has 16 heavy (non-hydrogen) atoms. The van der Waals surface area contributed by atoms with E-state index in [1.54, 1.807) is 0 Å². The molecule has 2 rings (SSSR count). The molecule has 1 aromatic heterocycles. The van der Waals surface area contributed by atoms with Gasteiger partial charge in [0.1, 0.15) is 0 Å². The summed E-state index contributed by atoms with van der Waals surface area (Å²) < 4.78 is 0. The molecule has 2 heterocycles. The molecule has 0 bridgehead atoms. The van der Waals surface area contributed by atoms with Gasteiger partial charge in [-0.15, -0.1) is 23.7 Å². The normalized spacial score (nSPS) is 25.0. The fourth-order valence-corrected chi connectivity index (χ4v) is 2.74. The van der Waals surface area contributed by atoms with Crippen LogP contribution in [0.4, 0.5) is 0 Å². The van der Waals surface area contributed by atoms with Crippen molar-refractivity contribution in [2.24, 2.45) is 0 Å². The SMILES string of the molecule is CC1CN(C(=O)c2cccs2)CC(C)N1.Cl. The summed E-state index contributed by atoms with van der Waals surface area (Å²) in [5.41, 5.74) is 0. The molecule has 90 valence electrons. The highest BCUT2D eigenvalue weighted by Crippen LogP contribution is 2.14. The first-order valence-electron chi connectivity index (χ1n) is 5.25. The van der Waals surface area contributed by atoms with Crippen LogP contribution in [-0.2, 0) is 0 Å². The van der Waals surface area contributed by atoms with Crippen molar-refractivity contribution in [1.29, 1.82) is 0 Å². The molecule has 5 heteroatoms. The van der Waals surface area contributed by atoms with Crippen LogP contribution in [0.1, 0.15) is 23.5 Å². The van der Waals surface area contributed by atoms with Crippen molar-refractivity contribution in [3.05, 3.63) is 22.4 Å². The average Bonchev–Trinajstić information content (AvgIpc) is 2.67. The van der Waals surface area contributed by atoms with Crippen molar-refractivity contribution in [2.45, 2.75) is 25.9 Å². The number of amides is 1. The van der Waals surface area contributed by atoms with Gasteiger partial charge in [-0.3, -0.25) is 4.79 Å². The number of hydrogen-bond acceptors (Lipinski definition) is 3. The van der Waals surface area contributed by atoms with Crippen LogP contribution in [-0.4, -0.2) is 36.0 Å². The Morgan fingerprint density at radius 2 is 2.06 bits per heavy atom. The summed E-state index contributed by atoms with van der Waals surface area (Å²) >= 11 is 1.52. The molecular formula is C11H17ClN2OS. The monoisotopic (exact) mass is 260 g/mol. The maximum absolute atomic E-state index is 12.1. The molecule has 0 spiro atoms. The van der Waals surface area contributed by atoms with Gasteiger partial charge in [-0.25, -0.2) is 0 Å². The molecule has 2 atom stereocenters. The van der Waals surface area contributed by atoms with E-state index in [4.69, 9.17) is 0 Å². The van der Waals surface area contributed by atoms with E-state index in [-0.39, 0.29) is 18.3 Å². The number of rotatable bonds is 1. The molecule has 1 aromatic rings. The van der Waals surface area contributed by atoms with Gasteiger partial charge in [-0.1, -0.05) is 6.07 Å². The highest BCUT2D eigenvalue weighted by Gasteiger charge is 2.25. The lowest BCUT2D eigenvalue weighted by molar-refractivity contribution is 0.0679. The minimum atomic E-state index is 0. The molecule has 1 N–H and O–H groups in total. The topological polar surface area (TPSA) is 32.3 Å². The number of nitrogens with zero attached hydrogens (tertiary/aromatic N) is 1. The fourth-order valence-electron chi connectivity index (χ4n) is 2.05. The summed E-state index contributed by atoms with van der Waals surface area (Å²) in [6.45, 7) is 5.84. The van der Waals surface area contributed by atoms with Crippen LogP contribution in [0.3, 0.4) is 0 Å². The van der Waals surface area contributed by atoms with Crippen LogP contribution >= 0.6 is 23.7 Å². The smallest absolute Gasteiger partial charge is 0.264 e. The molecule has 1 aliphatic rings. The Bertz CT molecular complexity index is 332. The van der Waals surface area contributed by atoms with Gasteiger partial charge in [-0.2, -0.15) is 0 Å². The number of halogens is 1. The lowest BCUT2D eigenvalue weighted by Crippen LogP contribution is -2.55. The third-order valence-electron chi connectivity index (χ3n) is 2.58. The van der Waals surface area contributed by atoms with Crippen LogP contribution in [0.5, 0.6) is 0 Å². The number of nitrogens with one attached hydrogen (secondary N) is 1. The van der Waals surface area contributed by atoms with Gasteiger partial charge in [0.05, 0.1) is 4.88 Å². The zero-order chi connectivity index (χ0) is 10.8. The van der Waals surface area contributed by atoms with Gasteiger partial charge < -0.3 is 10.2 Å². The van der Waals surface area contributed by atoms with Crippen molar-refractivity contribution in [2.75, 3.05) is 13.1 Å². The molecule has 0 aromatic carbocycles. The van der Waals surface area contributed by atoms with Gasteiger partial charge in [0.25, 0.3) is 5.91 Å². The number of piperazine rings is 1. The fraction of sp³-hybridized carbons (Fsp3) is 0.545. The average molecular weight is 261 g/mol.